The van der Waals surface area contributed by atoms with E-state index in [1.807, 2.05) is 48.5 Å². The molecule has 2 aliphatic heterocycles. The molecular weight excluding hydrogens is 516 g/mol. The van der Waals surface area contributed by atoms with E-state index in [1.54, 1.807) is 0 Å². The summed E-state index contributed by atoms with van der Waals surface area (Å²) in [7, 11) is 0. The minimum atomic E-state index is -1.01. The van der Waals surface area contributed by atoms with E-state index in [0.717, 1.165) is 75.5 Å². The number of rotatable bonds is 11. The third-order valence-electron chi connectivity index (χ3n) is 7.43. The maximum Gasteiger partial charge on any atom is 0.339 e. The molecule has 8 nitrogen and oxygen atoms in total. The standard InChI is InChI=1S/C30H35ClN4O4/c31-24-11-8-22(9-12-24)27-6-3-15-35(27)30-32-21-25(29(36)37)26(33-30)13-10-23-5-1-2-7-28(23)39-18-4-14-34-16-19-38-20-17-34/h1-2,5,7-9,11-12,21,27H,3-4,6,10,13-20H2,(H,36,37)/t27-/m0/s1. The van der Waals surface area contributed by atoms with Crippen molar-refractivity contribution in [3.8, 4) is 5.75 Å². The molecule has 0 amide bonds. The molecule has 0 radical (unpaired) electrons. The lowest BCUT2D eigenvalue weighted by Gasteiger charge is -2.26. The fraction of sp³-hybridized carbons (Fsp3) is 0.433. The fourth-order valence-corrected chi connectivity index (χ4v) is 5.48. The van der Waals surface area contributed by atoms with Crippen molar-refractivity contribution in [2.45, 2.75) is 38.1 Å². The number of carboxylic acid groups (broad SMARTS) is 1. The van der Waals surface area contributed by atoms with Crippen molar-refractivity contribution in [2.24, 2.45) is 0 Å². The van der Waals surface area contributed by atoms with Crippen LogP contribution in [0.2, 0.25) is 5.02 Å². The van der Waals surface area contributed by atoms with E-state index in [9.17, 15) is 9.90 Å². The number of carbonyl (C=O) groups is 1. The van der Waals surface area contributed by atoms with Crippen LogP contribution in [0.4, 0.5) is 5.95 Å². The van der Waals surface area contributed by atoms with Crippen LogP contribution < -0.4 is 9.64 Å². The van der Waals surface area contributed by atoms with E-state index in [-0.39, 0.29) is 11.6 Å². The van der Waals surface area contributed by atoms with Crippen LogP contribution in [0.1, 0.15) is 52.5 Å². The van der Waals surface area contributed by atoms with Crippen LogP contribution >= 0.6 is 11.6 Å². The van der Waals surface area contributed by atoms with Gasteiger partial charge in [0, 0.05) is 37.4 Å². The van der Waals surface area contributed by atoms with Gasteiger partial charge in [-0.25, -0.2) is 14.8 Å². The van der Waals surface area contributed by atoms with Crippen LogP contribution in [0.15, 0.2) is 54.7 Å². The highest BCUT2D eigenvalue weighted by Crippen LogP contribution is 2.35. The summed E-state index contributed by atoms with van der Waals surface area (Å²) in [5.41, 5.74) is 2.88. The Kier molecular flexibility index (Phi) is 9.29. The number of hydrogen-bond donors (Lipinski definition) is 1. The number of para-hydroxylation sites is 1. The highest BCUT2D eigenvalue weighted by molar-refractivity contribution is 6.30. The number of morpholine rings is 1. The first-order chi connectivity index (χ1) is 19.1. The molecule has 0 spiro atoms. The zero-order valence-corrected chi connectivity index (χ0v) is 22.9. The minimum Gasteiger partial charge on any atom is -0.493 e. The number of anilines is 1. The van der Waals surface area contributed by atoms with Crippen LogP contribution in [-0.2, 0) is 17.6 Å². The predicted octanol–water partition coefficient (Wildman–Crippen LogP) is 5.06. The van der Waals surface area contributed by atoms with Gasteiger partial charge in [0.1, 0.15) is 5.75 Å². The van der Waals surface area contributed by atoms with Crippen molar-refractivity contribution in [3.63, 3.8) is 0 Å². The van der Waals surface area contributed by atoms with Gasteiger partial charge in [-0.2, -0.15) is 0 Å². The molecule has 2 aliphatic rings. The lowest BCUT2D eigenvalue weighted by molar-refractivity contribution is 0.0358. The molecule has 1 N–H and O–H groups in total. The molecule has 2 fully saturated rings. The first-order valence-corrected chi connectivity index (χ1v) is 14.1. The van der Waals surface area contributed by atoms with Gasteiger partial charge in [0.05, 0.1) is 37.1 Å². The van der Waals surface area contributed by atoms with Gasteiger partial charge in [-0.05, 0) is 61.4 Å². The molecule has 1 atom stereocenters. The fourth-order valence-electron chi connectivity index (χ4n) is 5.35. The van der Waals surface area contributed by atoms with Gasteiger partial charge >= 0.3 is 5.97 Å². The van der Waals surface area contributed by atoms with Gasteiger partial charge in [0.25, 0.3) is 0 Å². The molecule has 2 saturated heterocycles. The molecular formula is C30H35ClN4O4. The van der Waals surface area contributed by atoms with Crippen LogP contribution in [0.3, 0.4) is 0 Å². The molecule has 3 heterocycles. The number of aryl methyl sites for hydroxylation is 2. The van der Waals surface area contributed by atoms with Gasteiger partial charge < -0.3 is 19.5 Å². The Bertz CT molecular complexity index is 1250. The van der Waals surface area contributed by atoms with Crippen molar-refractivity contribution in [3.05, 3.63) is 82.1 Å². The summed E-state index contributed by atoms with van der Waals surface area (Å²) in [6.07, 6.45) is 5.49. The lowest BCUT2D eigenvalue weighted by atomic mass is 10.0. The number of nitrogens with zero attached hydrogens (tertiary/aromatic N) is 4. The molecule has 0 bridgehead atoms. The molecule has 0 unspecified atom stereocenters. The number of aromatic nitrogens is 2. The summed E-state index contributed by atoms with van der Waals surface area (Å²) >= 11 is 6.09. The van der Waals surface area contributed by atoms with Gasteiger partial charge in [-0.3, -0.25) is 4.90 Å². The maximum atomic E-state index is 12.0. The first kappa shape index (κ1) is 27.4. The lowest BCUT2D eigenvalue weighted by Crippen LogP contribution is -2.37. The van der Waals surface area contributed by atoms with Crippen LogP contribution in [0.5, 0.6) is 5.75 Å². The Morgan fingerprint density at radius 1 is 1.08 bits per heavy atom. The topological polar surface area (TPSA) is 88.0 Å². The number of carboxylic acids is 1. The summed E-state index contributed by atoms with van der Waals surface area (Å²) in [5.74, 6) is 0.396. The van der Waals surface area contributed by atoms with Crippen LogP contribution in [-0.4, -0.2) is 71.9 Å². The first-order valence-electron chi connectivity index (χ1n) is 13.7. The summed E-state index contributed by atoms with van der Waals surface area (Å²) in [6, 6.07) is 16.0. The molecule has 5 rings (SSSR count). The van der Waals surface area contributed by atoms with E-state index in [1.165, 1.54) is 6.20 Å². The highest BCUT2D eigenvalue weighted by atomic mass is 35.5. The molecule has 1 aromatic heterocycles. The number of aromatic carboxylic acids is 1. The van der Waals surface area contributed by atoms with Gasteiger partial charge in [0.2, 0.25) is 5.95 Å². The number of halogens is 1. The second kappa shape index (κ2) is 13.2. The average molecular weight is 551 g/mol. The summed E-state index contributed by atoms with van der Waals surface area (Å²) in [4.78, 5) is 25.8. The zero-order chi connectivity index (χ0) is 27.0. The molecule has 206 valence electrons. The average Bonchev–Trinajstić information content (AvgIpc) is 3.45. The van der Waals surface area contributed by atoms with Crippen molar-refractivity contribution in [1.29, 1.82) is 0 Å². The monoisotopic (exact) mass is 550 g/mol. The quantitative estimate of drug-likeness (QED) is 0.332. The minimum absolute atomic E-state index is 0.136. The SMILES string of the molecule is O=C(O)c1cnc(N2CCC[C@H]2c2ccc(Cl)cc2)nc1CCc1ccccc1OCCCN1CCOCC1. The number of hydrogen-bond acceptors (Lipinski definition) is 7. The van der Waals surface area contributed by atoms with Crippen molar-refractivity contribution < 1.29 is 19.4 Å². The molecule has 0 aliphatic carbocycles. The number of ether oxygens (including phenoxy) is 2. The van der Waals surface area contributed by atoms with E-state index < -0.39 is 5.97 Å². The Morgan fingerprint density at radius 3 is 2.67 bits per heavy atom. The molecule has 2 aromatic carbocycles. The Hall–Kier alpha value is -3.20. The van der Waals surface area contributed by atoms with Crippen molar-refractivity contribution in [2.75, 3.05) is 50.9 Å². The second-order valence-corrected chi connectivity index (χ2v) is 10.4. The summed E-state index contributed by atoms with van der Waals surface area (Å²) < 4.78 is 11.6. The van der Waals surface area contributed by atoms with Crippen LogP contribution in [0.25, 0.3) is 0 Å². The summed E-state index contributed by atoms with van der Waals surface area (Å²) in [6.45, 7) is 5.99. The highest BCUT2D eigenvalue weighted by Gasteiger charge is 2.29. The van der Waals surface area contributed by atoms with Crippen molar-refractivity contribution >= 4 is 23.5 Å². The van der Waals surface area contributed by atoms with E-state index in [4.69, 9.17) is 26.1 Å². The van der Waals surface area contributed by atoms with E-state index in [2.05, 4.69) is 14.8 Å². The van der Waals surface area contributed by atoms with Gasteiger partial charge in [-0.1, -0.05) is 41.9 Å². The number of benzene rings is 2. The van der Waals surface area contributed by atoms with Crippen molar-refractivity contribution in [1.82, 2.24) is 14.9 Å². The molecule has 39 heavy (non-hydrogen) atoms. The summed E-state index contributed by atoms with van der Waals surface area (Å²) in [5, 5.41) is 10.5. The Morgan fingerprint density at radius 2 is 1.87 bits per heavy atom. The molecule has 3 aromatic rings. The maximum absolute atomic E-state index is 12.0. The largest absolute Gasteiger partial charge is 0.493 e. The normalized spacial score (nSPS) is 17.9. The molecule has 9 heteroatoms. The Balaban J connectivity index is 1.26. The van der Waals surface area contributed by atoms with E-state index >= 15 is 0 Å². The predicted molar refractivity (Wildman–Crippen MR) is 151 cm³/mol. The van der Waals surface area contributed by atoms with Gasteiger partial charge in [-0.15, -0.1) is 0 Å². The van der Waals surface area contributed by atoms with E-state index in [0.29, 0.717) is 36.1 Å². The second-order valence-electron chi connectivity index (χ2n) is 10.0. The smallest absolute Gasteiger partial charge is 0.339 e. The third-order valence-corrected chi connectivity index (χ3v) is 7.69. The van der Waals surface area contributed by atoms with Gasteiger partial charge in [0.15, 0.2) is 0 Å². The van der Waals surface area contributed by atoms with Crippen LogP contribution in [0, 0.1) is 0 Å². The molecule has 0 saturated carbocycles. The Labute approximate surface area is 234 Å². The zero-order valence-electron chi connectivity index (χ0n) is 22.1. The third kappa shape index (κ3) is 7.06.